The third-order valence-corrected chi connectivity index (χ3v) is 3.98. The Morgan fingerprint density at radius 2 is 2.38 bits per heavy atom. The summed E-state index contributed by atoms with van der Waals surface area (Å²) in [6.07, 6.45) is 1.75. The van der Waals surface area contributed by atoms with E-state index in [0.717, 1.165) is 18.2 Å². The zero-order valence-corrected chi connectivity index (χ0v) is 12.6. The third kappa shape index (κ3) is 3.03. The summed E-state index contributed by atoms with van der Waals surface area (Å²) in [5, 5.41) is 7.90. The van der Waals surface area contributed by atoms with Crippen molar-refractivity contribution < 1.29 is 9.53 Å². The van der Waals surface area contributed by atoms with Gasteiger partial charge in [0, 0.05) is 45.0 Å². The van der Waals surface area contributed by atoms with Gasteiger partial charge in [-0.3, -0.25) is 9.48 Å². The zero-order chi connectivity index (χ0) is 14.8. The number of rotatable bonds is 5. The van der Waals surface area contributed by atoms with Crippen LogP contribution in [0.3, 0.4) is 0 Å². The van der Waals surface area contributed by atoms with E-state index in [4.69, 9.17) is 4.74 Å². The number of carbonyl (C=O) groups is 1. The number of aryl methyl sites for hydroxylation is 1. The molecule has 0 saturated carbocycles. The molecule has 1 aliphatic heterocycles. The molecule has 1 aliphatic rings. The van der Waals surface area contributed by atoms with Gasteiger partial charge in [-0.25, -0.2) is 4.98 Å². The molecule has 21 heavy (non-hydrogen) atoms. The molecule has 1 N–H and O–H groups in total. The molecule has 9 heteroatoms. The highest BCUT2D eigenvalue weighted by molar-refractivity contribution is 7.09. The number of aromatic nitrogens is 4. The van der Waals surface area contributed by atoms with Crippen LogP contribution in [0.4, 0.5) is 5.13 Å². The predicted molar refractivity (Wildman–Crippen MR) is 77.3 cm³/mol. The van der Waals surface area contributed by atoms with Crippen molar-refractivity contribution in [2.75, 3.05) is 25.1 Å². The second kappa shape index (κ2) is 5.78. The Morgan fingerprint density at radius 1 is 1.57 bits per heavy atom. The molecule has 2 aromatic rings. The van der Waals surface area contributed by atoms with Crippen LogP contribution in [-0.4, -0.2) is 51.3 Å². The summed E-state index contributed by atoms with van der Waals surface area (Å²) in [6.45, 7) is 1.89. The van der Waals surface area contributed by atoms with Gasteiger partial charge in [0.1, 0.15) is 12.3 Å². The van der Waals surface area contributed by atoms with E-state index in [2.05, 4.69) is 24.7 Å². The van der Waals surface area contributed by atoms with Crippen molar-refractivity contribution >= 4 is 22.6 Å². The Hall–Kier alpha value is -2.00. The average molecular weight is 308 g/mol. The first kappa shape index (κ1) is 14.0. The lowest BCUT2D eigenvalue weighted by Crippen LogP contribution is -2.59. The summed E-state index contributed by atoms with van der Waals surface area (Å²) in [5.74, 6) is 0.552. The Bertz CT molecular complexity index is 633. The van der Waals surface area contributed by atoms with Gasteiger partial charge in [-0.15, -0.1) is 0 Å². The molecule has 1 fully saturated rings. The number of nitrogens with zero attached hydrogens (tertiary/aromatic N) is 5. The first-order valence-corrected chi connectivity index (χ1v) is 7.30. The lowest BCUT2D eigenvalue weighted by Gasteiger charge is -2.38. The Morgan fingerprint density at radius 3 is 3.05 bits per heavy atom. The smallest absolute Gasteiger partial charge is 0.272 e. The summed E-state index contributed by atoms with van der Waals surface area (Å²) in [4.78, 5) is 18.4. The van der Waals surface area contributed by atoms with Gasteiger partial charge in [-0.2, -0.15) is 9.47 Å². The second-order valence-electron chi connectivity index (χ2n) is 4.88. The molecule has 112 valence electrons. The number of hydrogen-bond donors (Lipinski definition) is 1. The minimum Gasteiger partial charge on any atom is -0.377 e. The number of anilines is 1. The molecule has 0 unspecified atom stereocenters. The average Bonchev–Trinajstić information content (AvgIpc) is 3.03. The fourth-order valence-corrected chi connectivity index (χ4v) is 2.77. The SMILES string of the molecule is COCc1nsc(N2CC(NC(=O)c3ccn(C)n3)C2)n1. The van der Waals surface area contributed by atoms with Crippen LogP contribution in [0.5, 0.6) is 0 Å². The van der Waals surface area contributed by atoms with E-state index in [1.165, 1.54) is 11.5 Å². The molecule has 0 aliphatic carbocycles. The molecule has 1 amide bonds. The van der Waals surface area contributed by atoms with Crippen LogP contribution in [0.2, 0.25) is 0 Å². The second-order valence-corrected chi connectivity index (χ2v) is 5.61. The summed E-state index contributed by atoms with van der Waals surface area (Å²) in [5.41, 5.74) is 0.439. The lowest BCUT2D eigenvalue weighted by atomic mass is 10.1. The molecular weight excluding hydrogens is 292 g/mol. The molecule has 0 radical (unpaired) electrons. The van der Waals surface area contributed by atoms with Crippen LogP contribution >= 0.6 is 11.5 Å². The van der Waals surface area contributed by atoms with Gasteiger partial charge < -0.3 is 15.0 Å². The minimum atomic E-state index is -0.141. The van der Waals surface area contributed by atoms with Crippen molar-refractivity contribution in [3.8, 4) is 0 Å². The number of amides is 1. The summed E-state index contributed by atoms with van der Waals surface area (Å²) in [7, 11) is 3.41. The molecule has 1 saturated heterocycles. The van der Waals surface area contributed by atoms with Gasteiger partial charge in [0.25, 0.3) is 5.91 Å². The van der Waals surface area contributed by atoms with E-state index in [-0.39, 0.29) is 11.9 Å². The fraction of sp³-hybridized carbons (Fsp3) is 0.500. The Balaban J connectivity index is 1.50. The summed E-state index contributed by atoms with van der Waals surface area (Å²) >= 11 is 1.35. The number of nitrogens with one attached hydrogen (secondary N) is 1. The van der Waals surface area contributed by atoms with E-state index in [1.54, 1.807) is 31.1 Å². The maximum absolute atomic E-state index is 11.9. The highest BCUT2D eigenvalue weighted by atomic mass is 32.1. The number of methoxy groups -OCH3 is 1. The van der Waals surface area contributed by atoms with Crippen LogP contribution in [0.25, 0.3) is 0 Å². The normalized spacial score (nSPS) is 15.0. The van der Waals surface area contributed by atoms with Crippen molar-refractivity contribution in [1.82, 2.24) is 24.5 Å². The van der Waals surface area contributed by atoms with Crippen molar-refractivity contribution in [1.29, 1.82) is 0 Å². The lowest BCUT2D eigenvalue weighted by molar-refractivity contribution is 0.0924. The number of carbonyl (C=O) groups excluding carboxylic acids is 1. The first-order chi connectivity index (χ1) is 10.2. The zero-order valence-electron chi connectivity index (χ0n) is 11.8. The maximum atomic E-state index is 11.9. The Labute approximate surface area is 125 Å². The van der Waals surface area contributed by atoms with E-state index >= 15 is 0 Å². The van der Waals surface area contributed by atoms with Crippen LogP contribution in [-0.2, 0) is 18.4 Å². The Kier molecular flexibility index (Phi) is 3.84. The molecule has 8 nitrogen and oxygen atoms in total. The number of hydrogen-bond acceptors (Lipinski definition) is 7. The van der Waals surface area contributed by atoms with E-state index < -0.39 is 0 Å². The fourth-order valence-electron chi connectivity index (χ4n) is 2.08. The molecule has 0 atom stereocenters. The van der Waals surface area contributed by atoms with Gasteiger partial charge >= 0.3 is 0 Å². The molecular formula is C12H16N6O2S. The molecule has 2 aromatic heterocycles. The molecule has 3 heterocycles. The van der Waals surface area contributed by atoms with Crippen molar-refractivity contribution in [3.05, 3.63) is 23.8 Å². The highest BCUT2D eigenvalue weighted by Crippen LogP contribution is 2.23. The van der Waals surface area contributed by atoms with Gasteiger partial charge in [0.05, 0.1) is 6.04 Å². The standard InChI is InChI=1S/C12H16N6O2S/c1-17-4-3-9(15-17)11(19)13-8-5-18(6-8)12-14-10(7-20-2)16-21-12/h3-4,8H,5-7H2,1-2H3,(H,13,19). The monoisotopic (exact) mass is 308 g/mol. The summed E-state index contributed by atoms with van der Waals surface area (Å²) in [6, 6.07) is 1.82. The molecule has 0 spiro atoms. The summed E-state index contributed by atoms with van der Waals surface area (Å²) < 4.78 is 10.8. The maximum Gasteiger partial charge on any atom is 0.272 e. The van der Waals surface area contributed by atoms with Crippen LogP contribution in [0.1, 0.15) is 16.3 Å². The van der Waals surface area contributed by atoms with Gasteiger partial charge in [-0.1, -0.05) is 0 Å². The van der Waals surface area contributed by atoms with Crippen molar-refractivity contribution in [2.45, 2.75) is 12.6 Å². The van der Waals surface area contributed by atoms with Crippen LogP contribution in [0.15, 0.2) is 12.3 Å². The highest BCUT2D eigenvalue weighted by Gasteiger charge is 2.31. The van der Waals surface area contributed by atoms with Crippen molar-refractivity contribution in [3.63, 3.8) is 0 Å². The molecule has 0 aromatic carbocycles. The topological polar surface area (TPSA) is 85.2 Å². The first-order valence-electron chi connectivity index (χ1n) is 6.52. The van der Waals surface area contributed by atoms with Gasteiger partial charge in [-0.05, 0) is 6.07 Å². The van der Waals surface area contributed by atoms with E-state index in [1.807, 2.05) is 0 Å². The quantitative estimate of drug-likeness (QED) is 0.839. The third-order valence-electron chi connectivity index (χ3n) is 3.16. The van der Waals surface area contributed by atoms with Crippen LogP contribution in [0, 0.1) is 0 Å². The largest absolute Gasteiger partial charge is 0.377 e. The van der Waals surface area contributed by atoms with E-state index in [9.17, 15) is 4.79 Å². The van der Waals surface area contributed by atoms with Crippen molar-refractivity contribution in [2.24, 2.45) is 7.05 Å². The predicted octanol–water partition coefficient (Wildman–Crippen LogP) is 0.0366. The molecule has 0 bridgehead atoms. The minimum absolute atomic E-state index is 0.120. The number of ether oxygens (including phenoxy) is 1. The van der Waals surface area contributed by atoms with Crippen LogP contribution < -0.4 is 10.2 Å². The van der Waals surface area contributed by atoms with Gasteiger partial charge in [0.2, 0.25) is 5.13 Å². The van der Waals surface area contributed by atoms with Gasteiger partial charge in [0.15, 0.2) is 5.82 Å². The van der Waals surface area contributed by atoms with E-state index in [0.29, 0.717) is 18.1 Å². The molecule has 3 rings (SSSR count).